The van der Waals surface area contributed by atoms with Gasteiger partial charge in [-0.15, -0.1) is 10.2 Å². The first kappa shape index (κ1) is 24.9. The van der Waals surface area contributed by atoms with Crippen molar-refractivity contribution in [2.45, 2.75) is 81.7 Å². The number of phenols is 1. The molecular weight excluding hydrogens is 490 g/mol. The number of halogens is 2. The molecule has 0 unspecified atom stereocenters. The number of fused-ring (bicyclic) bond motifs is 2. The van der Waals surface area contributed by atoms with E-state index in [4.69, 9.17) is 4.74 Å². The molecular formula is C28H32F2N6O2. The van der Waals surface area contributed by atoms with Crippen molar-refractivity contribution in [3.8, 4) is 34.0 Å². The third-order valence-electron chi connectivity index (χ3n) is 8.30. The summed E-state index contributed by atoms with van der Waals surface area (Å²) < 4.78 is 35.0. The van der Waals surface area contributed by atoms with Crippen LogP contribution in [0.5, 0.6) is 11.6 Å². The molecule has 10 heteroatoms. The van der Waals surface area contributed by atoms with Crippen LogP contribution in [0.4, 0.5) is 14.7 Å². The van der Waals surface area contributed by atoms with Crippen LogP contribution in [0.1, 0.15) is 52.4 Å². The van der Waals surface area contributed by atoms with Crippen molar-refractivity contribution in [2.24, 2.45) is 0 Å². The molecule has 4 atom stereocenters. The minimum absolute atomic E-state index is 0.0440. The van der Waals surface area contributed by atoms with Crippen LogP contribution in [0.2, 0.25) is 0 Å². The quantitative estimate of drug-likeness (QED) is 0.476. The molecule has 0 spiro atoms. The number of benzene rings is 1. The maximum Gasteiger partial charge on any atom is 0.250 e. The Bertz CT molecular complexity index is 1350. The molecule has 1 saturated carbocycles. The van der Waals surface area contributed by atoms with Crippen molar-refractivity contribution in [1.82, 2.24) is 25.5 Å². The lowest BCUT2D eigenvalue weighted by Crippen LogP contribution is -2.73. The fourth-order valence-corrected chi connectivity index (χ4v) is 6.36. The van der Waals surface area contributed by atoms with Gasteiger partial charge in [0.15, 0.2) is 5.82 Å². The van der Waals surface area contributed by atoms with Crippen molar-refractivity contribution >= 4 is 5.95 Å². The zero-order valence-corrected chi connectivity index (χ0v) is 21.8. The van der Waals surface area contributed by atoms with Crippen molar-refractivity contribution in [2.75, 3.05) is 12.0 Å². The van der Waals surface area contributed by atoms with Crippen LogP contribution in [0.3, 0.4) is 0 Å². The summed E-state index contributed by atoms with van der Waals surface area (Å²) in [5.41, 5.74) is 1.25. The smallest absolute Gasteiger partial charge is 0.250 e. The van der Waals surface area contributed by atoms with E-state index in [0.717, 1.165) is 32.1 Å². The number of methoxy groups -OCH3 is 1. The van der Waals surface area contributed by atoms with E-state index >= 15 is 4.39 Å². The number of aromatic nitrogens is 4. The number of anilines is 1. The summed E-state index contributed by atoms with van der Waals surface area (Å²) in [4.78, 5) is 10.6. The van der Waals surface area contributed by atoms with Gasteiger partial charge < -0.3 is 20.1 Å². The van der Waals surface area contributed by atoms with E-state index in [9.17, 15) is 9.50 Å². The topological polar surface area (TPSA) is 96.3 Å². The third kappa shape index (κ3) is 4.34. The number of hydrogen-bond donors (Lipinski definition) is 2. The van der Waals surface area contributed by atoms with Gasteiger partial charge in [0, 0.05) is 34.4 Å². The molecule has 2 saturated heterocycles. The molecule has 4 heterocycles. The van der Waals surface area contributed by atoms with E-state index in [2.05, 4.69) is 37.3 Å². The van der Waals surface area contributed by atoms with Gasteiger partial charge in [-0.3, -0.25) is 0 Å². The molecule has 6 rings (SSSR count). The van der Waals surface area contributed by atoms with Crippen LogP contribution in [0.25, 0.3) is 22.4 Å². The zero-order chi connectivity index (χ0) is 26.7. The van der Waals surface area contributed by atoms with Crippen molar-refractivity contribution in [1.29, 1.82) is 0 Å². The first-order valence-corrected chi connectivity index (χ1v) is 13.1. The summed E-state index contributed by atoms with van der Waals surface area (Å²) in [6.45, 7) is 4.19. The molecule has 2 bridgehead atoms. The first-order chi connectivity index (χ1) is 18.2. The van der Waals surface area contributed by atoms with E-state index in [-0.39, 0.29) is 29.3 Å². The van der Waals surface area contributed by atoms with E-state index in [1.54, 1.807) is 18.3 Å². The van der Waals surface area contributed by atoms with Gasteiger partial charge in [0.05, 0.1) is 19.3 Å². The van der Waals surface area contributed by atoms with Crippen LogP contribution >= 0.6 is 0 Å². The summed E-state index contributed by atoms with van der Waals surface area (Å²) in [5.74, 6) is -0.300. The highest BCUT2D eigenvalue weighted by molar-refractivity contribution is 5.73. The normalized spacial score (nSPS) is 28.7. The monoisotopic (exact) mass is 522 g/mol. The Kier molecular flexibility index (Phi) is 5.97. The van der Waals surface area contributed by atoms with Crippen LogP contribution in [-0.4, -0.2) is 61.7 Å². The number of rotatable bonds is 6. The van der Waals surface area contributed by atoms with Gasteiger partial charge in [0.25, 0.3) is 0 Å². The Morgan fingerprint density at radius 2 is 1.89 bits per heavy atom. The van der Waals surface area contributed by atoms with Gasteiger partial charge in [0.1, 0.15) is 17.6 Å². The Hall–Kier alpha value is -3.40. The molecule has 200 valence electrons. The number of alkyl halides is 1. The lowest BCUT2D eigenvalue weighted by atomic mass is 9.68. The molecule has 0 radical (unpaired) electrons. The standard InChI is InChI=1S/C28H32F2N6O2/c1-27-9-4-10-28(2,35-27)24(30)22(13-27)36(18-6-7-18)26-32-15-21(33-34-26)19-8-5-16(12-23(19)37)17-11-20(29)25(38-3)31-14-17/h5,8,11-12,14-15,18,22,24,35,37H,4,6-7,9-10,13H2,1-3H3/t22-,24-,27-,28+/m1/s1. The SMILES string of the molecule is COc1ncc(-c2ccc(-c3cnc(N(C4CC4)[C@@H]4C[C@@]5(C)CCC[C@](C)(N5)[C@@H]4F)nn3)c(O)c2)cc1F. The highest BCUT2D eigenvalue weighted by Gasteiger charge is 2.56. The molecule has 3 aromatic rings. The van der Waals surface area contributed by atoms with Gasteiger partial charge >= 0.3 is 0 Å². The summed E-state index contributed by atoms with van der Waals surface area (Å²) >= 11 is 0. The Balaban J connectivity index is 1.27. The highest BCUT2D eigenvalue weighted by atomic mass is 19.1. The summed E-state index contributed by atoms with van der Waals surface area (Å²) in [7, 11) is 1.35. The van der Waals surface area contributed by atoms with Crippen molar-refractivity contribution < 1.29 is 18.6 Å². The number of phenolic OH excluding ortho intramolecular Hbond substituents is 1. The van der Waals surface area contributed by atoms with Gasteiger partial charge in [-0.1, -0.05) is 6.07 Å². The lowest BCUT2D eigenvalue weighted by molar-refractivity contribution is 0.0000874. The maximum atomic E-state index is 16.0. The third-order valence-corrected chi connectivity index (χ3v) is 8.30. The Labute approximate surface area is 220 Å². The van der Waals surface area contributed by atoms with Crippen LogP contribution in [0.15, 0.2) is 36.7 Å². The molecule has 2 N–H and O–H groups in total. The van der Waals surface area contributed by atoms with E-state index in [1.807, 2.05) is 6.92 Å². The fourth-order valence-electron chi connectivity index (χ4n) is 6.36. The van der Waals surface area contributed by atoms with Crippen LogP contribution in [-0.2, 0) is 0 Å². The molecule has 3 fully saturated rings. The van der Waals surface area contributed by atoms with Crippen molar-refractivity contribution in [3.05, 3.63) is 42.5 Å². The Morgan fingerprint density at radius 3 is 2.55 bits per heavy atom. The zero-order valence-electron chi connectivity index (χ0n) is 21.8. The van der Waals surface area contributed by atoms with Gasteiger partial charge in [0.2, 0.25) is 11.8 Å². The van der Waals surface area contributed by atoms with E-state index in [0.29, 0.717) is 34.8 Å². The van der Waals surface area contributed by atoms with E-state index < -0.39 is 17.5 Å². The second kappa shape index (κ2) is 9.11. The molecule has 3 aliphatic rings. The largest absolute Gasteiger partial charge is 0.507 e. The fraction of sp³-hybridized carbons (Fsp3) is 0.500. The highest BCUT2D eigenvalue weighted by Crippen LogP contribution is 2.46. The number of aromatic hydroxyl groups is 1. The van der Waals surface area contributed by atoms with Gasteiger partial charge in [-0.25, -0.2) is 18.7 Å². The second-order valence-electron chi connectivity index (χ2n) is 11.4. The van der Waals surface area contributed by atoms with E-state index in [1.165, 1.54) is 25.4 Å². The number of pyridine rings is 1. The summed E-state index contributed by atoms with van der Waals surface area (Å²) in [6.07, 6.45) is 7.52. The van der Waals surface area contributed by atoms with Crippen LogP contribution in [0, 0.1) is 5.82 Å². The van der Waals surface area contributed by atoms with Gasteiger partial charge in [-0.2, -0.15) is 0 Å². The summed E-state index contributed by atoms with van der Waals surface area (Å²) in [5, 5.41) is 23.1. The minimum Gasteiger partial charge on any atom is -0.507 e. The number of nitrogens with one attached hydrogen (secondary N) is 1. The second-order valence-corrected chi connectivity index (χ2v) is 11.4. The number of nitrogens with zero attached hydrogens (tertiary/aromatic N) is 5. The lowest BCUT2D eigenvalue weighted by Gasteiger charge is -2.57. The molecule has 1 aromatic carbocycles. The number of piperidine rings is 2. The predicted molar refractivity (Wildman–Crippen MR) is 139 cm³/mol. The maximum absolute atomic E-state index is 16.0. The van der Waals surface area contributed by atoms with Crippen LogP contribution < -0.4 is 15.0 Å². The average molecular weight is 523 g/mol. The number of hydrogen-bond acceptors (Lipinski definition) is 8. The molecule has 2 aliphatic heterocycles. The predicted octanol–water partition coefficient (Wildman–Crippen LogP) is 4.82. The first-order valence-electron chi connectivity index (χ1n) is 13.1. The molecule has 0 amide bonds. The van der Waals surface area contributed by atoms with Crippen molar-refractivity contribution in [3.63, 3.8) is 0 Å². The molecule has 2 aromatic heterocycles. The molecule has 1 aliphatic carbocycles. The minimum atomic E-state index is -1.05. The number of ether oxygens (including phenoxy) is 1. The molecule has 38 heavy (non-hydrogen) atoms. The molecule has 8 nitrogen and oxygen atoms in total. The average Bonchev–Trinajstić information content (AvgIpc) is 3.73. The Morgan fingerprint density at radius 1 is 1.08 bits per heavy atom. The summed E-state index contributed by atoms with van der Waals surface area (Å²) in [6, 6.07) is 6.14. The van der Waals surface area contributed by atoms with Gasteiger partial charge in [-0.05, 0) is 76.1 Å².